The molecule has 0 aliphatic rings. The van der Waals surface area contributed by atoms with Crippen LogP contribution in [0.4, 0.5) is 4.79 Å². The lowest BCUT2D eigenvalue weighted by Gasteiger charge is -2.09. The topological polar surface area (TPSA) is 82.3 Å². The standard InChI is InChI=1S/C11H12N2O3/c1-16-10-4-2-8(3-5-10)6-9(7-12)13-11(14)15/h2-5,9,13H,6H2,1H3,(H,14,15). The van der Waals surface area contributed by atoms with E-state index in [0.29, 0.717) is 6.42 Å². The van der Waals surface area contributed by atoms with Crippen LogP contribution >= 0.6 is 0 Å². The molecule has 0 aliphatic carbocycles. The zero-order valence-electron chi connectivity index (χ0n) is 8.80. The van der Waals surface area contributed by atoms with Gasteiger partial charge in [-0.2, -0.15) is 5.26 Å². The second-order valence-electron chi connectivity index (χ2n) is 3.18. The number of ether oxygens (including phenoxy) is 1. The number of methoxy groups -OCH3 is 1. The van der Waals surface area contributed by atoms with Crippen molar-refractivity contribution in [1.82, 2.24) is 5.32 Å². The average Bonchev–Trinajstić information content (AvgIpc) is 2.28. The number of amides is 1. The maximum atomic E-state index is 10.4. The monoisotopic (exact) mass is 220 g/mol. The third-order valence-corrected chi connectivity index (χ3v) is 2.05. The van der Waals surface area contributed by atoms with Crippen LogP contribution in [0.15, 0.2) is 24.3 Å². The SMILES string of the molecule is COc1ccc(CC(C#N)NC(=O)O)cc1. The first-order valence-corrected chi connectivity index (χ1v) is 4.67. The molecule has 1 unspecified atom stereocenters. The van der Waals surface area contributed by atoms with E-state index in [2.05, 4.69) is 5.32 Å². The van der Waals surface area contributed by atoms with E-state index in [0.717, 1.165) is 11.3 Å². The Labute approximate surface area is 93.3 Å². The number of hydrogen-bond acceptors (Lipinski definition) is 3. The Kier molecular flexibility index (Phi) is 4.16. The lowest BCUT2D eigenvalue weighted by atomic mass is 10.1. The van der Waals surface area contributed by atoms with E-state index in [4.69, 9.17) is 15.1 Å². The summed E-state index contributed by atoms with van der Waals surface area (Å²) in [5.74, 6) is 0.725. The molecule has 0 saturated heterocycles. The fourth-order valence-electron chi connectivity index (χ4n) is 1.28. The summed E-state index contributed by atoms with van der Waals surface area (Å²) in [6.07, 6.45) is -0.854. The Balaban J connectivity index is 2.64. The summed E-state index contributed by atoms with van der Waals surface area (Å²) < 4.78 is 4.99. The first-order chi connectivity index (χ1) is 7.65. The molecule has 2 N–H and O–H groups in total. The largest absolute Gasteiger partial charge is 0.497 e. The molecule has 0 aliphatic heterocycles. The first-order valence-electron chi connectivity index (χ1n) is 4.67. The van der Waals surface area contributed by atoms with Crippen molar-refractivity contribution in [3.05, 3.63) is 29.8 Å². The van der Waals surface area contributed by atoms with E-state index >= 15 is 0 Å². The van der Waals surface area contributed by atoms with Crippen LogP contribution in [0.5, 0.6) is 5.75 Å². The predicted molar refractivity (Wildman–Crippen MR) is 57.3 cm³/mol. The van der Waals surface area contributed by atoms with Crippen molar-refractivity contribution in [2.24, 2.45) is 0 Å². The molecule has 0 heterocycles. The van der Waals surface area contributed by atoms with Crippen LogP contribution in [0.1, 0.15) is 5.56 Å². The third-order valence-electron chi connectivity index (χ3n) is 2.05. The van der Waals surface area contributed by atoms with Crippen LogP contribution in [0.25, 0.3) is 0 Å². The fourth-order valence-corrected chi connectivity index (χ4v) is 1.28. The molecule has 5 nitrogen and oxygen atoms in total. The van der Waals surface area contributed by atoms with Gasteiger partial charge in [0, 0.05) is 6.42 Å². The zero-order valence-corrected chi connectivity index (χ0v) is 8.80. The number of carboxylic acid groups (broad SMARTS) is 1. The minimum absolute atomic E-state index is 0.340. The number of nitriles is 1. The molecule has 0 saturated carbocycles. The maximum Gasteiger partial charge on any atom is 0.405 e. The highest BCUT2D eigenvalue weighted by atomic mass is 16.5. The summed E-state index contributed by atoms with van der Waals surface area (Å²) in [7, 11) is 1.57. The maximum absolute atomic E-state index is 10.4. The smallest absolute Gasteiger partial charge is 0.405 e. The number of carbonyl (C=O) groups is 1. The highest BCUT2D eigenvalue weighted by molar-refractivity contribution is 5.65. The lowest BCUT2D eigenvalue weighted by Crippen LogP contribution is -2.33. The summed E-state index contributed by atoms with van der Waals surface area (Å²) in [5, 5.41) is 19.4. The summed E-state index contributed by atoms with van der Waals surface area (Å²) in [5.41, 5.74) is 0.876. The molecule has 1 aromatic rings. The van der Waals surface area contributed by atoms with Gasteiger partial charge in [0.2, 0.25) is 0 Å². The molecule has 1 rings (SSSR count). The molecule has 1 amide bonds. The van der Waals surface area contributed by atoms with Crippen LogP contribution in [-0.2, 0) is 6.42 Å². The van der Waals surface area contributed by atoms with E-state index in [1.54, 1.807) is 31.4 Å². The van der Waals surface area contributed by atoms with E-state index < -0.39 is 12.1 Å². The first kappa shape index (κ1) is 11.9. The molecule has 16 heavy (non-hydrogen) atoms. The van der Waals surface area contributed by atoms with Crippen LogP contribution in [0.3, 0.4) is 0 Å². The van der Waals surface area contributed by atoms with Crippen LogP contribution in [0, 0.1) is 11.3 Å². The van der Waals surface area contributed by atoms with E-state index in [9.17, 15) is 4.79 Å². The number of hydrogen-bond donors (Lipinski definition) is 2. The molecule has 0 aromatic heterocycles. The molecular weight excluding hydrogens is 208 g/mol. The number of rotatable bonds is 4. The van der Waals surface area contributed by atoms with Crippen molar-refractivity contribution in [2.75, 3.05) is 7.11 Å². The Morgan fingerprint density at radius 3 is 2.62 bits per heavy atom. The number of nitrogens with zero attached hydrogens (tertiary/aromatic N) is 1. The molecule has 5 heteroatoms. The van der Waals surface area contributed by atoms with E-state index in [1.165, 1.54) is 0 Å². The van der Waals surface area contributed by atoms with E-state index in [-0.39, 0.29) is 0 Å². The molecule has 0 radical (unpaired) electrons. The van der Waals surface area contributed by atoms with Gasteiger partial charge in [0.15, 0.2) is 0 Å². The van der Waals surface area contributed by atoms with Crippen molar-refractivity contribution >= 4 is 6.09 Å². The van der Waals surface area contributed by atoms with Gasteiger partial charge in [-0.15, -0.1) is 0 Å². The Morgan fingerprint density at radius 1 is 1.56 bits per heavy atom. The Hall–Kier alpha value is -2.22. The molecule has 0 bridgehead atoms. The van der Waals surface area contributed by atoms with Crippen LogP contribution in [0.2, 0.25) is 0 Å². The van der Waals surface area contributed by atoms with Gasteiger partial charge in [0.05, 0.1) is 13.2 Å². The second-order valence-corrected chi connectivity index (χ2v) is 3.18. The van der Waals surface area contributed by atoms with Gasteiger partial charge < -0.3 is 15.2 Å². The van der Waals surface area contributed by atoms with Crippen LogP contribution in [-0.4, -0.2) is 24.4 Å². The van der Waals surface area contributed by atoms with Gasteiger partial charge in [-0.05, 0) is 17.7 Å². The number of benzene rings is 1. The quantitative estimate of drug-likeness (QED) is 0.803. The highest BCUT2D eigenvalue weighted by Crippen LogP contribution is 2.12. The summed E-state index contributed by atoms with van der Waals surface area (Å²) >= 11 is 0. The fraction of sp³-hybridized carbons (Fsp3) is 0.273. The molecular formula is C11H12N2O3. The minimum Gasteiger partial charge on any atom is -0.497 e. The number of nitrogens with one attached hydrogen (secondary N) is 1. The van der Waals surface area contributed by atoms with Crippen molar-refractivity contribution in [1.29, 1.82) is 5.26 Å². The zero-order chi connectivity index (χ0) is 12.0. The van der Waals surface area contributed by atoms with Crippen molar-refractivity contribution in [2.45, 2.75) is 12.5 Å². The third kappa shape index (κ3) is 3.50. The van der Waals surface area contributed by atoms with Crippen LogP contribution < -0.4 is 10.1 Å². The summed E-state index contributed by atoms with van der Waals surface area (Å²) in [6, 6.07) is 8.29. The van der Waals surface area contributed by atoms with E-state index in [1.807, 2.05) is 6.07 Å². The molecule has 0 spiro atoms. The van der Waals surface area contributed by atoms with Crippen molar-refractivity contribution in [3.63, 3.8) is 0 Å². The van der Waals surface area contributed by atoms with Gasteiger partial charge >= 0.3 is 6.09 Å². The van der Waals surface area contributed by atoms with Gasteiger partial charge in [-0.25, -0.2) is 4.79 Å². The average molecular weight is 220 g/mol. The Bertz CT molecular complexity index is 395. The van der Waals surface area contributed by atoms with Gasteiger partial charge in [-0.1, -0.05) is 12.1 Å². The van der Waals surface area contributed by atoms with Gasteiger partial charge in [0.1, 0.15) is 11.8 Å². The summed E-state index contributed by atoms with van der Waals surface area (Å²) in [6.45, 7) is 0. The lowest BCUT2D eigenvalue weighted by molar-refractivity contribution is 0.192. The minimum atomic E-state index is -1.19. The molecule has 1 aromatic carbocycles. The summed E-state index contributed by atoms with van der Waals surface area (Å²) in [4.78, 5) is 10.4. The molecule has 1 atom stereocenters. The second kappa shape index (κ2) is 5.61. The molecule has 84 valence electrons. The molecule has 0 fully saturated rings. The highest BCUT2D eigenvalue weighted by Gasteiger charge is 2.10. The van der Waals surface area contributed by atoms with Gasteiger partial charge in [0.25, 0.3) is 0 Å². The normalized spacial score (nSPS) is 11.2. The Morgan fingerprint density at radius 2 is 2.19 bits per heavy atom. The predicted octanol–water partition coefficient (Wildman–Crippen LogP) is 1.40. The van der Waals surface area contributed by atoms with Crippen molar-refractivity contribution in [3.8, 4) is 11.8 Å². The van der Waals surface area contributed by atoms with Gasteiger partial charge in [-0.3, -0.25) is 0 Å². The van der Waals surface area contributed by atoms with Crippen molar-refractivity contribution < 1.29 is 14.6 Å².